The van der Waals surface area contributed by atoms with Crippen LogP contribution in [-0.4, -0.2) is 22.5 Å². The van der Waals surface area contributed by atoms with Crippen LogP contribution in [0.4, 0.5) is 0 Å². The number of rotatable bonds is 5. The highest BCUT2D eigenvalue weighted by atomic mass is 32.1. The summed E-state index contributed by atoms with van der Waals surface area (Å²) in [5, 5.41) is 15.7. The predicted molar refractivity (Wildman–Crippen MR) is 71.8 cm³/mol. The maximum atomic E-state index is 11.7. The van der Waals surface area contributed by atoms with Gasteiger partial charge in [0.1, 0.15) is 11.4 Å². The number of nitrogens with zero attached hydrogens (tertiary/aromatic N) is 1. The second-order valence-corrected chi connectivity index (χ2v) is 5.62. The molecule has 0 aromatic carbocycles. The maximum Gasteiger partial charge on any atom is 0.226 e. The highest BCUT2D eigenvalue weighted by Gasteiger charge is 2.26. The standard InChI is InChI=1S/C13H16N2O3S/c1-9-15-10(7-19-9)6-12(16)14-8-13(2,17)11-4-3-5-18-11/h3-5,7,17H,6,8H2,1-2H3,(H,14,16). The minimum absolute atomic E-state index is 0.0997. The van der Waals surface area contributed by atoms with E-state index in [4.69, 9.17) is 4.42 Å². The third kappa shape index (κ3) is 3.65. The molecule has 0 fully saturated rings. The summed E-state index contributed by atoms with van der Waals surface area (Å²) in [6.45, 7) is 3.59. The molecule has 5 nitrogen and oxygen atoms in total. The summed E-state index contributed by atoms with van der Waals surface area (Å²) >= 11 is 1.51. The number of aryl methyl sites for hydroxylation is 1. The van der Waals surface area contributed by atoms with Crippen LogP contribution in [0, 0.1) is 6.92 Å². The molecule has 1 unspecified atom stereocenters. The van der Waals surface area contributed by atoms with Crippen molar-refractivity contribution < 1.29 is 14.3 Å². The van der Waals surface area contributed by atoms with E-state index in [1.165, 1.54) is 17.6 Å². The fourth-order valence-electron chi connectivity index (χ4n) is 1.66. The highest BCUT2D eigenvalue weighted by Crippen LogP contribution is 2.19. The van der Waals surface area contributed by atoms with E-state index in [0.29, 0.717) is 5.76 Å². The average molecular weight is 280 g/mol. The predicted octanol–water partition coefficient (Wildman–Crippen LogP) is 1.61. The fourth-order valence-corrected chi connectivity index (χ4v) is 2.27. The van der Waals surface area contributed by atoms with Gasteiger partial charge in [-0.2, -0.15) is 0 Å². The van der Waals surface area contributed by atoms with Gasteiger partial charge in [-0.1, -0.05) is 0 Å². The lowest BCUT2D eigenvalue weighted by Gasteiger charge is -2.20. The van der Waals surface area contributed by atoms with Gasteiger partial charge in [-0.05, 0) is 26.0 Å². The molecule has 1 amide bonds. The highest BCUT2D eigenvalue weighted by molar-refractivity contribution is 7.09. The normalized spacial score (nSPS) is 14.1. The molecule has 0 spiro atoms. The molecule has 0 radical (unpaired) electrons. The van der Waals surface area contributed by atoms with Crippen LogP contribution in [0.2, 0.25) is 0 Å². The summed E-state index contributed by atoms with van der Waals surface area (Å²) in [5.41, 5.74) is -0.463. The quantitative estimate of drug-likeness (QED) is 0.872. The van der Waals surface area contributed by atoms with E-state index in [1.54, 1.807) is 19.1 Å². The van der Waals surface area contributed by atoms with Gasteiger partial charge in [-0.15, -0.1) is 11.3 Å². The Kier molecular flexibility index (Phi) is 4.01. The number of aromatic nitrogens is 1. The van der Waals surface area contributed by atoms with Gasteiger partial charge < -0.3 is 14.8 Å². The summed E-state index contributed by atoms with van der Waals surface area (Å²) < 4.78 is 5.14. The molecule has 1 atom stereocenters. The Labute approximate surface area is 115 Å². The number of hydrogen-bond donors (Lipinski definition) is 2. The Morgan fingerprint density at radius 1 is 1.63 bits per heavy atom. The summed E-state index contributed by atoms with van der Waals surface area (Å²) in [7, 11) is 0. The number of thiazole rings is 1. The molecule has 2 aromatic rings. The third-order valence-corrected chi connectivity index (χ3v) is 3.51. The van der Waals surface area contributed by atoms with E-state index < -0.39 is 5.60 Å². The van der Waals surface area contributed by atoms with Gasteiger partial charge in [0.2, 0.25) is 5.91 Å². The van der Waals surface area contributed by atoms with Crippen molar-refractivity contribution in [1.29, 1.82) is 0 Å². The van der Waals surface area contributed by atoms with E-state index in [0.717, 1.165) is 10.7 Å². The van der Waals surface area contributed by atoms with E-state index >= 15 is 0 Å². The van der Waals surface area contributed by atoms with Crippen molar-refractivity contribution in [3.63, 3.8) is 0 Å². The van der Waals surface area contributed by atoms with Gasteiger partial charge >= 0.3 is 0 Å². The zero-order valence-corrected chi connectivity index (χ0v) is 11.7. The summed E-state index contributed by atoms with van der Waals surface area (Å²) in [6.07, 6.45) is 1.71. The zero-order chi connectivity index (χ0) is 13.9. The first-order valence-electron chi connectivity index (χ1n) is 5.91. The Bertz CT molecular complexity index is 546. The smallest absolute Gasteiger partial charge is 0.226 e. The molecule has 2 heterocycles. The second kappa shape index (κ2) is 5.54. The van der Waals surface area contributed by atoms with Gasteiger partial charge in [0.05, 0.1) is 29.9 Å². The van der Waals surface area contributed by atoms with Crippen LogP contribution < -0.4 is 5.32 Å². The number of carbonyl (C=O) groups excluding carboxylic acids is 1. The molecular weight excluding hydrogens is 264 g/mol. The minimum atomic E-state index is -1.21. The first kappa shape index (κ1) is 13.8. The van der Waals surface area contributed by atoms with Crippen molar-refractivity contribution >= 4 is 17.2 Å². The van der Waals surface area contributed by atoms with Crippen molar-refractivity contribution in [3.05, 3.63) is 40.2 Å². The largest absolute Gasteiger partial charge is 0.466 e. The molecule has 19 heavy (non-hydrogen) atoms. The molecule has 0 aliphatic carbocycles. The van der Waals surface area contributed by atoms with E-state index in [1.807, 2.05) is 12.3 Å². The Balaban J connectivity index is 1.87. The third-order valence-electron chi connectivity index (χ3n) is 2.69. The van der Waals surface area contributed by atoms with Crippen molar-refractivity contribution in [2.45, 2.75) is 25.9 Å². The van der Waals surface area contributed by atoms with Crippen molar-refractivity contribution in [3.8, 4) is 0 Å². The van der Waals surface area contributed by atoms with Gasteiger partial charge in [-0.25, -0.2) is 4.98 Å². The first-order valence-corrected chi connectivity index (χ1v) is 6.79. The topological polar surface area (TPSA) is 75.4 Å². The van der Waals surface area contributed by atoms with E-state index in [9.17, 15) is 9.90 Å². The molecule has 0 saturated heterocycles. The number of hydrogen-bond acceptors (Lipinski definition) is 5. The Hall–Kier alpha value is -1.66. The van der Waals surface area contributed by atoms with Crippen LogP contribution in [0.1, 0.15) is 23.4 Å². The van der Waals surface area contributed by atoms with Crippen LogP contribution in [0.5, 0.6) is 0 Å². The monoisotopic (exact) mass is 280 g/mol. The first-order chi connectivity index (χ1) is 8.97. The molecular formula is C13H16N2O3S. The lowest BCUT2D eigenvalue weighted by molar-refractivity contribution is -0.121. The molecule has 0 aliphatic heterocycles. The Morgan fingerprint density at radius 2 is 2.42 bits per heavy atom. The maximum absolute atomic E-state index is 11.7. The van der Waals surface area contributed by atoms with E-state index in [-0.39, 0.29) is 18.9 Å². The SMILES string of the molecule is Cc1nc(CC(=O)NCC(C)(O)c2ccco2)cs1. The average Bonchev–Trinajstić information content (AvgIpc) is 2.98. The van der Waals surface area contributed by atoms with E-state index in [2.05, 4.69) is 10.3 Å². The fraction of sp³-hybridized carbons (Fsp3) is 0.385. The van der Waals surface area contributed by atoms with Gasteiger partial charge in [0.25, 0.3) is 0 Å². The zero-order valence-electron chi connectivity index (χ0n) is 10.8. The summed E-state index contributed by atoms with van der Waals surface area (Å²) in [6, 6.07) is 3.37. The van der Waals surface area contributed by atoms with Crippen LogP contribution in [0.15, 0.2) is 28.2 Å². The Morgan fingerprint density at radius 3 is 3.00 bits per heavy atom. The van der Waals surface area contributed by atoms with Crippen LogP contribution in [0.25, 0.3) is 0 Å². The number of furan rings is 1. The van der Waals surface area contributed by atoms with Crippen molar-refractivity contribution in [2.24, 2.45) is 0 Å². The van der Waals surface area contributed by atoms with Gasteiger partial charge in [-0.3, -0.25) is 4.79 Å². The van der Waals surface area contributed by atoms with Crippen molar-refractivity contribution in [1.82, 2.24) is 10.3 Å². The number of aliphatic hydroxyl groups is 1. The van der Waals surface area contributed by atoms with Crippen LogP contribution >= 0.6 is 11.3 Å². The number of nitrogens with one attached hydrogen (secondary N) is 1. The van der Waals surface area contributed by atoms with Crippen LogP contribution in [0.3, 0.4) is 0 Å². The second-order valence-electron chi connectivity index (χ2n) is 4.56. The minimum Gasteiger partial charge on any atom is -0.466 e. The number of carbonyl (C=O) groups is 1. The lowest BCUT2D eigenvalue weighted by atomic mass is 10.0. The summed E-state index contributed by atoms with van der Waals surface area (Å²) in [4.78, 5) is 16.0. The molecule has 2 N–H and O–H groups in total. The van der Waals surface area contributed by atoms with Gasteiger partial charge in [0.15, 0.2) is 0 Å². The van der Waals surface area contributed by atoms with Gasteiger partial charge in [0, 0.05) is 5.38 Å². The molecule has 2 rings (SSSR count). The number of amides is 1. The molecule has 0 saturated carbocycles. The lowest BCUT2D eigenvalue weighted by Crippen LogP contribution is -2.39. The molecule has 2 aromatic heterocycles. The van der Waals surface area contributed by atoms with Crippen molar-refractivity contribution in [2.75, 3.05) is 6.54 Å². The summed E-state index contributed by atoms with van der Waals surface area (Å²) in [5.74, 6) is 0.259. The van der Waals surface area contributed by atoms with Crippen LogP contribution in [-0.2, 0) is 16.8 Å². The molecule has 0 bridgehead atoms. The molecule has 0 aliphatic rings. The molecule has 102 valence electrons. The molecule has 6 heteroatoms.